The maximum absolute atomic E-state index is 12.8. The van der Waals surface area contributed by atoms with Gasteiger partial charge in [-0.2, -0.15) is 0 Å². The van der Waals surface area contributed by atoms with Crippen LogP contribution in [0, 0.1) is 0 Å². The number of fused-ring (bicyclic) bond motifs is 1. The van der Waals surface area contributed by atoms with Crippen LogP contribution >= 0.6 is 11.3 Å². The van der Waals surface area contributed by atoms with Crippen LogP contribution in [0.25, 0.3) is 22.0 Å². The molecule has 9 heteroatoms. The Morgan fingerprint density at radius 2 is 2.12 bits per heavy atom. The van der Waals surface area contributed by atoms with Gasteiger partial charge < -0.3 is 14.2 Å². The molecule has 0 saturated heterocycles. The second-order valence-electron chi connectivity index (χ2n) is 7.38. The number of esters is 1. The van der Waals surface area contributed by atoms with Crippen LogP contribution in [0.1, 0.15) is 13.8 Å². The van der Waals surface area contributed by atoms with E-state index in [1.165, 1.54) is 23.3 Å². The Hall–Kier alpha value is -3.30. The third kappa shape index (κ3) is 4.63. The van der Waals surface area contributed by atoms with Crippen molar-refractivity contribution in [3.63, 3.8) is 0 Å². The van der Waals surface area contributed by atoms with Gasteiger partial charge in [0.2, 0.25) is 0 Å². The summed E-state index contributed by atoms with van der Waals surface area (Å²) in [5.74, 6) is -0.295. The van der Waals surface area contributed by atoms with Crippen molar-refractivity contribution in [2.45, 2.75) is 26.1 Å². The van der Waals surface area contributed by atoms with E-state index in [2.05, 4.69) is 9.97 Å². The van der Waals surface area contributed by atoms with Gasteiger partial charge in [0, 0.05) is 24.3 Å². The molecule has 0 radical (unpaired) electrons. The predicted octanol–water partition coefficient (Wildman–Crippen LogP) is 3.56. The van der Waals surface area contributed by atoms with Gasteiger partial charge in [-0.05, 0) is 44.2 Å². The Balaban J connectivity index is 1.61. The fourth-order valence-electron chi connectivity index (χ4n) is 3.40. The largest absolute Gasteiger partial charge is 0.479 e. The molecule has 2 unspecified atom stereocenters. The van der Waals surface area contributed by atoms with Crippen molar-refractivity contribution in [1.29, 1.82) is 0 Å². The SMILES string of the molecule is COCC(C)OC(=O)CN1C(=O)C(C)Oc2ccc(-c3csc(-c4ccccn4)n3)cc21. The number of rotatable bonds is 7. The Morgan fingerprint density at radius 1 is 1.28 bits per heavy atom. The van der Waals surface area contributed by atoms with Crippen molar-refractivity contribution in [3.05, 3.63) is 48.0 Å². The van der Waals surface area contributed by atoms with Crippen LogP contribution < -0.4 is 9.64 Å². The van der Waals surface area contributed by atoms with Crippen LogP contribution in [0.15, 0.2) is 48.0 Å². The molecule has 1 aliphatic rings. The summed E-state index contributed by atoms with van der Waals surface area (Å²) in [7, 11) is 1.53. The Labute approximate surface area is 189 Å². The van der Waals surface area contributed by atoms with Crippen LogP contribution in [0.5, 0.6) is 5.75 Å². The van der Waals surface area contributed by atoms with Crippen molar-refractivity contribution < 1.29 is 23.8 Å². The topological polar surface area (TPSA) is 90.9 Å². The van der Waals surface area contributed by atoms with E-state index in [0.29, 0.717) is 11.4 Å². The zero-order valence-corrected chi connectivity index (χ0v) is 18.8. The first-order valence-electron chi connectivity index (χ1n) is 10.1. The molecule has 0 saturated carbocycles. The van der Waals surface area contributed by atoms with Gasteiger partial charge in [-0.15, -0.1) is 11.3 Å². The minimum Gasteiger partial charge on any atom is -0.479 e. The molecule has 3 heterocycles. The lowest BCUT2D eigenvalue weighted by Crippen LogP contribution is -2.47. The predicted molar refractivity (Wildman–Crippen MR) is 121 cm³/mol. The van der Waals surface area contributed by atoms with Crippen LogP contribution in [-0.2, 0) is 19.1 Å². The van der Waals surface area contributed by atoms with Gasteiger partial charge >= 0.3 is 5.97 Å². The van der Waals surface area contributed by atoms with E-state index in [4.69, 9.17) is 14.2 Å². The number of thiazole rings is 1. The number of hydrogen-bond donors (Lipinski definition) is 0. The van der Waals surface area contributed by atoms with Gasteiger partial charge in [0.15, 0.2) is 6.10 Å². The lowest BCUT2D eigenvalue weighted by Gasteiger charge is -2.32. The number of ether oxygens (including phenoxy) is 3. The number of pyridine rings is 1. The molecule has 0 spiro atoms. The third-order valence-electron chi connectivity index (χ3n) is 4.87. The summed E-state index contributed by atoms with van der Waals surface area (Å²) in [6.45, 7) is 3.46. The molecule has 32 heavy (non-hydrogen) atoms. The molecule has 0 bridgehead atoms. The molecule has 0 N–H and O–H groups in total. The minimum absolute atomic E-state index is 0.215. The molecular formula is C23H23N3O5S. The van der Waals surface area contributed by atoms with Crippen LogP contribution in [0.3, 0.4) is 0 Å². The first kappa shape index (κ1) is 21.9. The lowest BCUT2D eigenvalue weighted by atomic mass is 10.1. The van der Waals surface area contributed by atoms with Gasteiger partial charge in [-0.3, -0.25) is 19.5 Å². The smallest absolute Gasteiger partial charge is 0.326 e. The normalized spacial score (nSPS) is 16.3. The highest BCUT2D eigenvalue weighted by Crippen LogP contribution is 2.38. The Morgan fingerprint density at radius 3 is 2.88 bits per heavy atom. The highest BCUT2D eigenvalue weighted by atomic mass is 32.1. The zero-order chi connectivity index (χ0) is 22.7. The van der Waals surface area contributed by atoms with Crippen molar-refractivity contribution >= 4 is 28.9 Å². The van der Waals surface area contributed by atoms with Gasteiger partial charge in [0.1, 0.15) is 23.4 Å². The van der Waals surface area contributed by atoms with E-state index in [0.717, 1.165) is 22.0 Å². The van der Waals surface area contributed by atoms with E-state index >= 15 is 0 Å². The first-order chi connectivity index (χ1) is 15.5. The van der Waals surface area contributed by atoms with Gasteiger partial charge in [-0.25, -0.2) is 4.98 Å². The number of amides is 1. The van der Waals surface area contributed by atoms with Gasteiger partial charge in [-0.1, -0.05) is 6.07 Å². The number of methoxy groups -OCH3 is 1. The molecule has 166 valence electrons. The Bertz CT molecular complexity index is 1120. The monoisotopic (exact) mass is 453 g/mol. The van der Waals surface area contributed by atoms with Crippen molar-refractivity contribution in [2.24, 2.45) is 0 Å². The van der Waals surface area contributed by atoms with E-state index in [1.807, 2.05) is 35.7 Å². The molecule has 2 atom stereocenters. The number of nitrogens with zero attached hydrogens (tertiary/aromatic N) is 3. The molecule has 0 aliphatic carbocycles. The maximum Gasteiger partial charge on any atom is 0.326 e. The fraction of sp³-hybridized carbons (Fsp3) is 0.304. The van der Waals surface area contributed by atoms with Crippen molar-refractivity contribution in [2.75, 3.05) is 25.2 Å². The van der Waals surface area contributed by atoms with Gasteiger partial charge in [0.25, 0.3) is 5.91 Å². The number of anilines is 1. The van der Waals surface area contributed by atoms with Crippen LogP contribution in [0.2, 0.25) is 0 Å². The molecule has 8 nitrogen and oxygen atoms in total. The lowest BCUT2D eigenvalue weighted by molar-refractivity contribution is -0.149. The number of benzene rings is 1. The first-order valence-corrected chi connectivity index (χ1v) is 11.0. The molecule has 1 aliphatic heterocycles. The highest BCUT2D eigenvalue weighted by Gasteiger charge is 2.33. The molecule has 0 fully saturated rings. The maximum atomic E-state index is 12.8. The highest BCUT2D eigenvalue weighted by molar-refractivity contribution is 7.13. The molecular weight excluding hydrogens is 430 g/mol. The number of hydrogen-bond acceptors (Lipinski definition) is 8. The Kier molecular flexibility index (Phi) is 6.48. The van der Waals surface area contributed by atoms with E-state index in [9.17, 15) is 9.59 Å². The quantitative estimate of drug-likeness (QED) is 0.505. The summed E-state index contributed by atoms with van der Waals surface area (Å²) in [4.78, 5) is 35.7. The van der Waals surface area contributed by atoms with Crippen LogP contribution in [0.4, 0.5) is 5.69 Å². The van der Waals surface area contributed by atoms with E-state index < -0.39 is 18.2 Å². The summed E-state index contributed by atoms with van der Waals surface area (Å²) in [5, 5.41) is 2.73. The molecule has 1 aromatic carbocycles. The van der Waals surface area contributed by atoms with Crippen LogP contribution in [-0.4, -0.2) is 54.3 Å². The average Bonchev–Trinajstić information content (AvgIpc) is 3.28. The summed E-state index contributed by atoms with van der Waals surface area (Å²) < 4.78 is 16.1. The number of carbonyl (C=O) groups is 2. The summed E-state index contributed by atoms with van der Waals surface area (Å²) >= 11 is 1.49. The van der Waals surface area contributed by atoms with E-state index in [-0.39, 0.29) is 19.1 Å². The second-order valence-corrected chi connectivity index (χ2v) is 8.23. The average molecular weight is 454 g/mol. The molecule has 4 rings (SSSR count). The molecule has 2 aromatic heterocycles. The number of aromatic nitrogens is 2. The third-order valence-corrected chi connectivity index (χ3v) is 5.74. The zero-order valence-electron chi connectivity index (χ0n) is 18.0. The fourth-order valence-corrected chi connectivity index (χ4v) is 4.21. The molecule has 3 aromatic rings. The van der Waals surface area contributed by atoms with E-state index in [1.54, 1.807) is 26.1 Å². The minimum atomic E-state index is -0.701. The standard InChI is InChI=1S/C23H23N3O5S/c1-14(12-29-3)30-21(27)11-26-19-10-16(7-8-20(19)31-15(2)23(26)28)18-13-32-22(25-18)17-6-4-5-9-24-17/h4-10,13-15H,11-12H2,1-3H3. The molecule has 1 amide bonds. The van der Waals surface area contributed by atoms with Crippen molar-refractivity contribution in [3.8, 4) is 27.7 Å². The number of carbonyl (C=O) groups excluding carboxylic acids is 2. The van der Waals surface area contributed by atoms with Gasteiger partial charge in [0.05, 0.1) is 23.7 Å². The summed E-state index contributed by atoms with van der Waals surface area (Å²) in [6.07, 6.45) is 0.614. The summed E-state index contributed by atoms with van der Waals surface area (Å²) in [5.41, 5.74) is 2.86. The second kappa shape index (κ2) is 9.46. The summed E-state index contributed by atoms with van der Waals surface area (Å²) in [6, 6.07) is 11.2. The van der Waals surface area contributed by atoms with Crippen molar-refractivity contribution in [1.82, 2.24) is 9.97 Å².